The largest absolute Gasteiger partial charge is 0.478 e. The van der Waals surface area contributed by atoms with Gasteiger partial charge in [0.05, 0.1) is 17.1 Å². The van der Waals surface area contributed by atoms with Crippen LogP contribution in [0, 0.1) is 0 Å². The zero-order valence-electron chi connectivity index (χ0n) is 22.6. The molecule has 212 valence electrons. The molecule has 0 saturated heterocycles. The Balaban J connectivity index is 1.48. The molecule has 4 aromatic rings. The smallest absolute Gasteiger partial charge is 0.328 e. The van der Waals surface area contributed by atoms with Gasteiger partial charge in [-0.25, -0.2) is 9.78 Å². The summed E-state index contributed by atoms with van der Waals surface area (Å²) in [6.07, 6.45) is 3.72. The van der Waals surface area contributed by atoms with E-state index in [0.717, 1.165) is 50.8 Å². The number of H-pyrrole nitrogens is 1. The van der Waals surface area contributed by atoms with Crippen LogP contribution in [0.1, 0.15) is 23.1 Å². The van der Waals surface area contributed by atoms with Gasteiger partial charge >= 0.3 is 5.97 Å². The number of carbonyl (C=O) groups is 2. The number of aromatic amines is 1. The lowest BCUT2D eigenvalue weighted by molar-refractivity contribution is -0.134. The molecule has 0 fully saturated rings. The summed E-state index contributed by atoms with van der Waals surface area (Å²) in [5.74, 6) is -0.569. The van der Waals surface area contributed by atoms with Gasteiger partial charge in [-0.15, -0.1) is 0 Å². The molecule has 1 unspecified atom stereocenters. The van der Waals surface area contributed by atoms with Crippen LogP contribution in [0.5, 0.6) is 0 Å². The summed E-state index contributed by atoms with van der Waals surface area (Å²) in [4.78, 5) is 35.9. The number of carboxylic acids is 1. The maximum Gasteiger partial charge on any atom is 0.328 e. The SMILES string of the molecule is CNC(=O)/C=C/c1ccc(-c2nc(-c3ccc(C4=NOC(C(O)O)C4)cc3)[nH]c2-c2ccc(/C=C/C(=O)O)cc2)cc1. The molecule has 1 aliphatic rings. The summed E-state index contributed by atoms with van der Waals surface area (Å²) < 4.78 is 0. The molecule has 0 bridgehead atoms. The lowest BCUT2D eigenvalue weighted by Gasteiger charge is -2.08. The van der Waals surface area contributed by atoms with Crippen molar-refractivity contribution in [1.29, 1.82) is 0 Å². The first-order valence-corrected chi connectivity index (χ1v) is 13.1. The predicted octanol–water partition coefficient (Wildman–Crippen LogP) is 4.07. The molecule has 5 rings (SSSR count). The number of hydrogen-bond acceptors (Lipinski definition) is 7. The van der Waals surface area contributed by atoms with Crippen molar-refractivity contribution in [1.82, 2.24) is 15.3 Å². The molecule has 0 spiro atoms. The van der Waals surface area contributed by atoms with Crippen molar-refractivity contribution in [3.63, 3.8) is 0 Å². The number of carbonyl (C=O) groups excluding carboxylic acids is 1. The van der Waals surface area contributed by atoms with E-state index in [1.807, 2.05) is 72.8 Å². The first-order valence-electron chi connectivity index (χ1n) is 13.1. The Morgan fingerprint density at radius 3 is 2.02 bits per heavy atom. The second-order valence-electron chi connectivity index (χ2n) is 9.55. The van der Waals surface area contributed by atoms with Crippen LogP contribution >= 0.6 is 0 Å². The van der Waals surface area contributed by atoms with Crippen LogP contribution in [0.2, 0.25) is 0 Å². The number of carboxylic acid groups (broad SMARTS) is 1. The van der Waals surface area contributed by atoms with Gasteiger partial charge in [-0.3, -0.25) is 4.79 Å². The maximum absolute atomic E-state index is 11.6. The van der Waals surface area contributed by atoms with Crippen LogP contribution < -0.4 is 5.32 Å². The molecule has 1 aliphatic heterocycles. The van der Waals surface area contributed by atoms with E-state index in [-0.39, 0.29) is 12.3 Å². The van der Waals surface area contributed by atoms with Crippen LogP contribution in [0.4, 0.5) is 0 Å². The highest BCUT2D eigenvalue weighted by Gasteiger charge is 2.27. The average Bonchev–Trinajstić information content (AvgIpc) is 3.68. The van der Waals surface area contributed by atoms with Gasteiger partial charge in [-0.1, -0.05) is 78.0 Å². The summed E-state index contributed by atoms with van der Waals surface area (Å²) in [7, 11) is 1.57. The number of amides is 1. The average molecular weight is 565 g/mol. The summed E-state index contributed by atoms with van der Waals surface area (Å²) in [5.41, 5.74) is 7.10. The van der Waals surface area contributed by atoms with Gasteiger partial charge in [0.1, 0.15) is 5.82 Å². The fourth-order valence-corrected chi connectivity index (χ4v) is 4.41. The first-order chi connectivity index (χ1) is 20.3. The highest BCUT2D eigenvalue weighted by atomic mass is 16.7. The molecule has 0 saturated carbocycles. The number of imidazole rings is 1. The number of aliphatic carboxylic acids is 1. The molecular formula is C32H28N4O6. The molecule has 1 aromatic heterocycles. The van der Waals surface area contributed by atoms with E-state index in [0.29, 0.717) is 11.5 Å². The Morgan fingerprint density at radius 2 is 1.45 bits per heavy atom. The Bertz CT molecular complexity index is 1670. The number of benzene rings is 3. The Hall–Kier alpha value is -5.32. The van der Waals surface area contributed by atoms with Crippen LogP contribution in [-0.2, 0) is 14.4 Å². The molecule has 42 heavy (non-hydrogen) atoms. The molecule has 0 aliphatic carbocycles. The molecule has 1 atom stereocenters. The monoisotopic (exact) mass is 564 g/mol. The van der Waals surface area contributed by atoms with Gasteiger partial charge < -0.3 is 30.5 Å². The summed E-state index contributed by atoms with van der Waals surface area (Å²) in [6, 6.07) is 22.7. The highest BCUT2D eigenvalue weighted by molar-refractivity contribution is 6.01. The molecule has 10 heteroatoms. The Kier molecular flexibility index (Phi) is 8.37. The van der Waals surface area contributed by atoms with Crippen molar-refractivity contribution in [2.24, 2.45) is 5.16 Å². The molecular weight excluding hydrogens is 536 g/mol. The van der Waals surface area contributed by atoms with Crippen molar-refractivity contribution < 1.29 is 29.7 Å². The van der Waals surface area contributed by atoms with Crippen molar-refractivity contribution in [3.05, 3.63) is 102 Å². The zero-order valence-corrected chi connectivity index (χ0v) is 22.6. The molecule has 3 aromatic carbocycles. The first kappa shape index (κ1) is 28.2. The molecule has 0 radical (unpaired) electrons. The molecule has 5 N–H and O–H groups in total. The summed E-state index contributed by atoms with van der Waals surface area (Å²) in [6.45, 7) is 0. The standard InChI is InChI=1S/C32H28N4O6/c1-33-27(37)16-6-19-2-8-22(9-3-19)29-30(23-10-4-20(5-11-23)7-17-28(38)39)35-31(34-29)24-14-12-21(13-15-24)25-18-26(32(40)41)42-36-25/h2-17,26,32,40-41H,18H2,1H3,(H,33,37)(H,34,35)(H,38,39)/b16-6+,17-7+. The topological polar surface area (TPSA) is 157 Å². The van der Waals surface area contributed by atoms with Crippen LogP contribution in [0.25, 0.3) is 46.1 Å². The van der Waals surface area contributed by atoms with E-state index in [1.165, 1.54) is 12.2 Å². The summed E-state index contributed by atoms with van der Waals surface area (Å²) in [5, 5.41) is 34.2. The third kappa shape index (κ3) is 6.52. The number of aliphatic hydroxyl groups is 2. The van der Waals surface area contributed by atoms with E-state index in [4.69, 9.17) is 14.9 Å². The third-order valence-electron chi connectivity index (χ3n) is 6.70. The van der Waals surface area contributed by atoms with Crippen molar-refractivity contribution in [2.75, 3.05) is 7.05 Å². The minimum atomic E-state index is -1.60. The number of oxime groups is 1. The zero-order chi connectivity index (χ0) is 29.6. The molecule has 1 amide bonds. The van der Waals surface area contributed by atoms with Gasteiger partial charge in [0.2, 0.25) is 5.91 Å². The van der Waals surface area contributed by atoms with E-state index in [2.05, 4.69) is 15.5 Å². The number of hydrogen-bond donors (Lipinski definition) is 5. The van der Waals surface area contributed by atoms with Crippen LogP contribution in [-0.4, -0.2) is 62.3 Å². The van der Waals surface area contributed by atoms with E-state index >= 15 is 0 Å². The fraction of sp³-hybridized carbons (Fsp3) is 0.125. The second-order valence-corrected chi connectivity index (χ2v) is 9.55. The van der Waals surface area contributed by atoms with Gasteiger partial charge in [0.15, 0.2) is 12.4 Å². The Morgan fingerprint density at radius 1 is 0.881 bits per heavy atom. The Labute approximate surface area is 241 Å². The van der Waals surface area contributed by atoms with Crippen molar-refractivity contribution in [2.45, 2.75) is 18.8 Å². The minimum absolute atomic E-state index is 0.190. The number of aromatic nitrogens is 2. The lowest BCUT2D eigenvalue weighted by Crippen LogP contribution is -2.25. The number of aliphatic hydroxyl groups excluding tert-OH is 1. The number of nitrogens with zero attached hydrogens (tertiary/aromatic N) is 2. The van der Waals surface area contributed by atoms with Gasteiger partial charge in [-0.2, -0.15) is 0 Å². The maximum atomic E-state index is 11.6. The third-order valence-corrected chi connectivity index (χ3v) is 6.70. The van der Waals surface area contributed by atoms with Crippen molar-refractivity contribution in [3.8, 4) is 33.9 Å². The number of rotatable bonds is 9. The van der Waals surface area contributed by atoms with Gasteiger partial charge in [0, 0.05) is 42.3 Å². The predicted molar refractivity (Wildman–Crippen MR) is 159 cm³/mol. The lowest BCUT2D eigenvalue weighted by atomic mass is 10.0. The number of likely N-dealkylation sites (N-methyl/N-ethyl adjacent to an activating group) is 1. The van der Waals surface area contributed by atoms with E-state index in [1.54, 1.807) is 13.1 Å². The van der Waals surface area contributed by atoms with Crippen molar-refractivity contribution >= 4 is 29.7 Å². The fourth-order valence-electron chi connectivity index (χ4n) is 4.41. The van der Waals surface area contributed by atoms with Crippen LogP contribution in [0.15, 0.2) is 90.1 Å². The second kappa shape index (κ2) is 12.5. The minimum Gasteiger partial charge on any atom is -0.478 e. The van der Waals surface area contributed by atoms with Crippen LogP contribution in [0.3, 0.4) is 0 Å². The molecule has 10 nitrogen and oxygen atoms in total. The quantitative estimate of drug-likeness (QED) is 0.151. The van der Waals surface area contributed by atoms with Gasteiger partial charge in [0.25, 0.3) is 0 Å². The summed E-state index contributed by atoms with van der Waals surface area (Å²) >= 11 is 0. The normalized spacial score (nSPS) is 14.9. The van der Waals surface area contributed by atoms with E-state index < -0.39 is 18.4 Å². The van der Waals surface area contributed by atoms with Gasteiger partial charge in [-0.05, 0) is 28.8 Å². The molecule has 2 heterocycles. The van der Waals surface area contributed by atoms with E-state index in [9.17, 15) is 19.8 Å². The highest BCUT2D eigenvalue weighted by Crippen LogP contribution is 2.34. The number of nitrogens with one attached hydrogen (secondary N) is 2.